The number of benzene rings is 2. The van der Waals surface area contributed by atoms with Crippen LogP contribution in [0.15, 0.2) is 47.6 Å². The van der Waals surface area contributed by atoms with E-state index in [4.69, 9.17) is 21.1 Å². The minimum absolute atomic E-state index is 0.291. The zero-order valence-corrected chi connectivity index (χ0v) is 14.0. The largest absolute Gasteiger partial charge is 0.490 e. The van der Waals surface area contributed by atoms with Gasteiger partial charge in [-0.3, -0.25) is 4.79 Å². The van der Waals surface area contributed by atoms with Gasteiger partial charge >= 0.3 is 0 Å². The van der Waals surface area contributed by atoms with E-state index < -0.39 is 0 Å². The van der Waals surface area contributed by atoms with E-state index in [2.05, 4.69) is 10.5 Å². The first-order chi connectivity index (χ1) is 11.6. The second-order valence-electron chi connectivity index (χ2n) is 5.36. The van der Waals surface area contributed by atoms with E-state index in [1.807, 2.05) is 25.1 Å². The molecule has 0 fully saturated rings. The van der Waals surface area contributed by atoms with E-state index >= 15 is 0 Å². The average molecular weight is 345 g/mol. The lowest BCUT2D eigenvalue weighted by molar-refractivity contribution is 0.0955. The van der Waals surface area contributed by atoms with Crippen LogP contribution in [-0.2, 0) is 0 Å². The van der Waals surface area contributed by atoms with E-state index in [1.165, 1.54) is 0 Å². The van der Waals surface area contributed by atoms with Crippen molar-refractivity contribution < 1.29 is 14.3 Å². The van der Waals surface area contributed by atoms with E-state index in [9.17, 15) is 4.79 Å². The molecule has 1 heterocycles. The Labute approximate surface area is 145 Å². The van der Waals surface area contributed by atoms with Crippen molar-refractivity contribution in [1.82, 2.24) is 5.43 Å². The van der Waals surface area contributed by atoms with E-state index in [0.29, 0.717) is 35.3 Å². The van der Waals surface area contributed by atoms with Crippen molar-refractivity contribution in [2.45, 2.75) is 13.3 Å². The second kappa shape index (κ2) is 7.36. The molecule has 0 bridgehead atoms. The number of amides is 1. The van der Waals surface area contributed by atoms with Gasteiger partial charge in [0, 0.05) is 22.6 Å². The van der Waals surface area contributed by atoms with Crippen molar-refractivity contribution in [3.8, 4) is 11.5 Å². The number of carbonyl (C=O) groups is 1. The van der Waals surface area contributed by atoms with Crippen LogP contribution in [0.4, 0.5) is 0 Å². The fourth-order valence-corrected chi connectivity index (χ4v) is 2.38. The van der Waals surface area contributed by atoms with Gasteiger partial charge in [0.25, 0.3) is 5.91 Å². The number of hydrazone groups is 1. The third-order valence-electron chi connectivity index (χ3n) is 3.60. The van der Waals surface area contributed by atoms with Crippen LogP contribution in [0.3, 0.4) is 0 Å². The van der Waals surface area contributed by atoms with Crippen LogP contribution >= 0.6 is 11.6 Å². The number of fused-ring (bicyclic) bond motifs is 1. The van der Waals surface area contributed by atoms with Crippen LogP contribution in [0.25, 0.3) is 0 Å². The van der Waals surface area contributed by atoms with Gasteiger partial charge in [0.1, 0.15) is 0 Å². The first-order valence-corrected chi connectivity index (χ1v) is 8.01. The second-order valence-corrected chi connectivity index (χ2v) is 5.79. The summed E-state index contributed by atoms with van der Waals surface area (Å²) in [5, 5.41) is 4.74. The Balaban J connectivity index is 1.72. The van der Waals surface area contributed by atoms with Crippen molar-refractivity contribution >= 4 is 23.2 Å². The summed E-state index contributed by atoms with van der Waals surface area (Å²) in [5.74, 6) is 1.14. The molecule has 0 saturated heterocycles. The minimum atomic E-state index is -0.291. The normalized spacial score (nSPS) is 14.0. The van der Waals surface area contributed by atoms with Crippen LogP contribution < -0.4 is 14.9 Å². The lowest BCUT2D eigenvalue weighted by Gasteiger charge is -2.09. The third kappa shape index (κ3) is 3.86. The molecule has 0 aliphatic carbocycles. The van der Waals surface area contributed by atoms with E-state index in [0.717, 1.165) is 17.7 Å². The number of nitrogens with one attached hydrogen (secondary N) is 1. The summed E-state index contributed by atoms with van der Waals surface area (Å²) < 4.78 is 11.3. The third-order valence-corrected chi connectivity index (χ3v) is 3.85. The van der Waals surface area contributed by atoms with Crippen LogP contribution in [-0.4, -0.2) is 24.8 Å². The molecule has 0 atom stereocenters. The van der Waals surface area contributed by atoms with Crippen LogP contribution in [0.1, 0.15) is 29.3 Å². The minimum Gasteiger partial charge on any atom is -0.490 e. The molecule has 124 valence electrons. The van der Waals surface area contributed by atoms with Crippen LogP contribution in [0.2, 0.25) is 5.02 Å². The lowest BCUT2D eigenvalue weighted by atomic mass is 10.1. The molecule has 1 N–H and O–H groups in total. The Morgan fingerprint density at radius 3 is 2.46 bits per heavy atom. The molecule has 2 aromatic carbocycles. The Bertz CT molecular complexity index is 772. The first kappa shape index (κ1) is 16.3. The quantitative estimate of drug-likeness (QED) is 0.683. The SMILES string of the molecule is C/C(=N/NC(=O)c1ccc(Cl)cc1)c1ccc2c(c1)OCCCO2. The van der Waals surface area contributed by atoms with Gasteiger partial charge in [0.05, 0.1) is 18.9 Å². The number of halogens is 1. The van der Waals surface area contributed by atoms with Gasteiger partial charge < -0.3 is 9.47 Å². The fourth-order valence-electron chi connectivity index (χ4n) is 2.25. The van der Waals surface area contributed by atoms with Gasteiger partial charge in [0.2, 0.25) is 0 Å². The predicted octanol–water partition coefficient (Wildman–Crippen LogP) is 3.66. The highest BCUT2D eigenvalue weighted by atomic mass is 35.5. The Morgan fingerprint density at radius 2 is 1.71 bits per heavy atom. The summed E-state index contributed by atoms with van der Waals surface area (Å²) in [6.45, 7) is 3.10. The summed E-state index contributed by atoms with van der Waals surface area (Å²) in [7, 11) is 0. The number of hydrogen-bond donors (Lipinski definition) is 1. The molecule has 0 unspecified atom stereocenters. The number of carbonyl (C=O) groups excluding carboxylic acids is 1. The zero-order valence-electron chi connectivity index (χ0n) is 13.2. The first-order valence-electron chi connectivity index (χ1n) is 7.64. The fraction of sp³-hybridized carbons (Fsp3) is 0.222. The van der Waals surface area contributed by atoms with Crippen LogP contribution in [0, 0.1) is 0 Å². The smallest absolute Gasteiger partial charge is 0.271 e. The Hall–Kier alpha value is -2.53. The molecule has 0 saturated carbocycles. The summed E-state index contributed by atoms with van der Waals surface area (Å²) in [4.78, 5) is 12.1. The van der Waals surface area contributed by atoms with Crippen molar-refractivity contribution in [2.24, 2.45) is 5.10 Å². The summed E-state index contributed by atoms with van der Waals surface area (Å²) in [6.07, 6.45) is 0.855. The maximum atomic E-state index is 12.1. The van der Waals surface area contributed by atoms with Gasteiger partial charge in [-0.15, -0.1) is 0 Å². The highest BCUT2D eigenvalue weighted by molar-refractivity contribution is 6.30. The summed E-state index contributed by atoms with van der Waals surface area (Å²) in [6, 6.07) is 12.2. The summed E-state index contributed by atoms with van der Waals surface area (Å²) in [5.41, 5.74) is 4.57. The standard InChI is InChI=1S/C18H17ClN2O3/c1-12(20-21-18(22)13-3-6-15(19)7-4-13)14-5-8-16-17(11-14)24-10-2-9-23-16/h3-8,11H,2,9-10H2,1H3,(H,21,22)/b20-12-. The van der Waals surface area contributed by atoms with Crippen molar-refractivity contribution in [1.29, 1.82) is 0 Å². The molecular formula is C18H17ClN2O3. The number of ether oxygens (including phenoxy) is 2. The summed E-state index contributed by atoms with van der Waals surface area (Å²) >= 11 is 5.81. The molecule has 5 nitrogen and oxygen atoms in total. The monoisotopic (exact) mass is 344 g/mol. The molecule has 0 radical (unpaired) electrons. The van der Waals surface area contributed by atoms with E-state index in [-0.39, 0.29) is 5.91 Å². The molecule has 24 heavy (non-hydrogen) atoms. The maximum Gasteiger partial charge on any atom is 0.271 e. The van der Waals surface area contributed by atoms with Crippen molar-refractivity contribution in [3.63, 3.8) is 0 Å². The Morgan fingerprint density at radius 1 is 1.04 bits per heavy atom. The molecule has 0 spiro atoms. The molecular weight excluding hydrogens is 328 g/mol. The van der Waals surface area contributed by atoms with Crippen molar-refractivity contribution in [2.75, 3.05) is 13.2 Å². The highest BCUT2D eigenvalue weighted by Crippen LogP contribution is 2.30. The topological polar surface area (TPSA) is 59.9 Å². The molecule has 6 heteroatoms. The highest BCUT2D eigenvalue weighted by Gasteiger charge is 2.12. The number of nitrogens with zero attached hydrogens (tertiary/aromatic N) is 1. The molecule has 1 amide bonds. The van der Waals surface area contributed by atoms with Crippen LogP contribution in [0.5, 0.6) is 11.5 Å². The number of rotatable bonds is 3. The van der Waals surface area contributed by atoms with E-state index in [1.54, 1.807) is 24.3 Å². The predicted molar refractivity (Wildman–Crippen MR) is 93.2 cm³/mol. The van der Waals surface area contributed by atoms with Gasteiger partial charge in [-0.05, 0) is 49.4 Å². The average Bonchev–Trinajstić information content (AvgIpc) is 2.84. The lowest BCUT2D eigenvalue weighted by Crippen LogP contribution is -2.19. The zero-order chi connectivity index (χ0) is 16.9. The molecule has 3 rings (SSSR count). The van der Waals surface area contributed by atoms with Gasteiger partial charge in [-0.2, -0.15) is 5.10 Å². The van der Waals surface area contributed by atoms with Gasteiger partial charge in [-0.25, -0.2) is 5.43 Å². The van der Waals surface area contributed by atoms with Gasteiger partial charge in [-0.1, -0.05) is 11.6 Å². The molecule has 1 aliphatic heterocycles. The molecule has 0 aromatic heterocycles. The Kier molecular flexibility index (Phi) is 5.01. The molecule has 2 aromatic rings. The van der Waals surface area contributed by atoms with Gasteiger partial charge in [0.15, 0.2) is 11.5 Å². The van der Waals surface area contributed by atoms with Crippen molar-refractivity contribution in [3.05, 3.63) is 58.6 Å². The molecule has 1 aliphatic rings. The number of hydrogen-bond acceptors (Lipinski definition) is 4. The maximum absolute atomic E-state index is 12.1.